The molecule has 0 bridgehead atoms. The zero-order valence-corrected chi connectivity index (χ0v) is 17.3. The second kappa shape index (κ2) is 8.24. The Morgan fingerprint density at radius 3 is 2.16 bits per heavy atom. The average molecular weight is 432 g/mol. The lowest BCUT2D eigenvalue weighted by Crippen LogP contribution is -2.58. The molecule has 0 spiro atoms. The standard InChI is InChI=1S/C26H24O6/c27-13-21-25(30)26(31)24(29)20(32-21)12-18(28)10-8-14-4-5-17-7-6-15-2-1-3-16-9-11-19(14)23(17)22(15)16/h1-11,20-21,24-27,29-31H,12-13H2/b10-8+/t20-,21+,24-,25+,26+/m0/s1. The fourth-order valence-corrected chi connectivity index (χ4v) is 4.70. The summed E-state index contributed by atoms with van der Waals surface area (Å²) in [6, 6.07) is 18.6. The van der Waals surface area contributed by atoms with Crippen molar-refractivity contribution in [2.75, 3.05) is 6.61 Å². The Balaban J connectivity index is 1.43. The van der Waals surface area contributed by atoms with Gasteiger partial charge in [-0.1, -0.05) is 60.7 Å². The lowest BCUT2D eigenvalue weighted by Gasteiger charge is -2.39. The summed E-state index contributed by atoms with van der Waals surface area (Å²) in [6.07, 6.45) is -3.36. The monoisotopic (exact) mass is 432 g/mol. The van der Waals surface area contributed by atoms with Gasteiger partial charge in [0.05, 0.1) is 12.7 Å². The maximum Gasteiger partial charge on any atom is 0.158 e. The van der Waals surface area contributed by atoms with Crippen LogP contribution in [0, 0.1) is 0 Å². The molecule has 0 aromatic heterocycles. The zero-order valence-electron chi connectivity index (χ0n) is 17.3. The fourth-order valence-electron chi connectivity index (χ4n) is 4.70. The van der Waals surface area contributed by atoms with Gasteiger partial charge >= 0.3 is 0 Å². The molecule has 5 atom stereocenters. The molecule has 0 saturated carbocycles. The van der Waals surface area contributed by atoms with Crippen LogP contribution in [0.4, 0.5) is 0 Å². The van der Waals surface area contributed by atoms with Crippen LogP contribution in [0.5, 0.6) is 0 Å². The van der Waals surface area contributed by atoms with E-state index < -0.39 is 37.1 Å². The zero-order chi connectivity index (χ0) is 22.4. The lowest BCUT2D eigenvalue weighted by molar-refractivity contribution is -0.229. The number of hydrogen-bond acceptors (Lipinski definition) is 6. The van der Waals surface area contributed by atoms with Crippen molar-refractivity contribution >= 4 is 44.2 Å². The molecular formula is C26H24O6. The molecule has 1 heterocycles. The van der Waals surface area contributed by atoms with E-state index in [1.165, 1.54) is 22.2 Å². The molecule has 0 unspecified atom stereocenters. The molecule has 1 saturated heterocycles. The van der Waals surface area contributed by atoms with Gasteiger partial charge in [0.15, 0.2) is 5.78 Å². The highest BCUT2D eigenvalue weighted by Crippen LogP contribution is 2.36. The quantitative estimate of drug-likeness (QED) is 0.285. The van der Waals surface area contributed by atoms with Crippen molar-refractivity contribution < 1.29 is 30.0 Å². The second-order valence-electron chi connectivity index (χ2n) is 8.38. The smallest absolute Gasteiger partial charge is 0.158 e. The van der Waals surface area contributed by atoms with Gasteiger partial charge in [-0.2, -0.15) is 0 Å². The minimum absolute atomic E-state index is 0.177. The number of carbonyl (C=O) groups excluding carboxylic acids is 1. The number of benzene rings is 4. The summed E-state index contributed by atoms with van der Waals surface area (Å²) in [7, 11) is 0. The summed E-state index contributed by atoms with van der Waals surface area (Å²) in [4.78, 5) is 12.6. The van der Waals surface area contributed by atoms with Gasteiger partial charge in [0.25, 0.3) is 0 Å². The third-order valence-electron chi connectivity index (χ3n) is 6.40. The lowest BCUT2D eigenvalue weighted by atomic mass is 9.91. The van der Waals surface area contributed by atoms with Crippen LogP contribution in [-0.2, 0) is 9.53 Å². The van der Waals surface area contributed by atoms with Crippen molar-refractivity contribution in [2.45, 2.75) is 36.9 Å². The fraction of sp³-hybridized carbons (Fsp3) is 0.269. The highest BCUT2D eigenvalue weighted by molar-refractivity contribution is 6.24. The summed E-state index contributed by atoms with van der Waals surface area (Å²) in [5.74, 6) is -0.292. The van der Waals surface area contributed by atoms with Gasteiger partial charge in [-0.25, -0.2) is 0 Å². The first kappa shape index (κ1) is 21.0. The Morgan fingerprint density at radius 1 is 0.812 bits per heavy atom. The molecular weight excluding hydrogens is 408 g/mol. The molecule has 0 radical (unpaired) electrons. The Bertz CT molecular complexity index is 1290. The van der Waals surface area contributed by atoms with E-state index in [-0.39, 0.29) is 12.2 Å². The van der Waals surface area contributed by atoms with Crippen LogP contribution < -0.4 is 0 Å². The number of aliphatic hydroxyl groups is 4. The molecule has 1 aliphatic rings. The minimum atomic E-state index is -1.49. The van der Waals surface area contributed by atoms with Crippen molar-refractivity contribution in [3.63, 3.8) is 0 Å². The second-order valence-corrected chi connectivity index (χ2v) is 8.38. The number of ketones is 1. The number of rotatable bonds is 5. The van der Waals surface area contributed by atoms with Crippen LogP contribution in [0.1, 0.15) is 12.0 Å². The van der Waals surface area contributed by atoms with E-state index >= 15 is 0 Å². The van der Waals surface area contributed by atoms with Gasteiger partial charge < -0.3 is 25.2 Å². The summed E-state index contributed by atoms with van der Waals surface area (Å²) in [5.41, 5.74) is 0.901. The van der Waals surface area contributed by atoms with E-state index in [1.54, 1.807) is 6.08 Å². The third kappa shape index (κ3) is 3.46. The van der Waals surface area contributed by atoms with Crippen LogP contribution in [0.3, 0.4) is 0 Å². The summed E-state index contributed by atoms with van der Waals surface area (Å²) >= 11 is 0. The molecule has 1 aliphatic heterocycles. The molecule has 4 aromatic rings. The largest absolute Gasteiger partial charge is 0.394 e. The van der Waals surface area contributed by atoms with Gasteiger partial charge in [0, 0.05) is 6.42 Å². The van der Waals surface area contributed by atoms with Gasteiger partial charge in [-0.3, -0.25) is 4.79 Å². The van der Waals surface area contributed by atoms with E-state index in [9.17, 15) is 25.2 Å². The molecule has 32 heavy (non-hydrogen) atoms. The number of hydrogen-bond donors (Lipinski definition) is 4. The number of carbonyl (C=O) groups is 1. The maximum atomic E-state index is 12.6. The van der Waals surface area contributed by atoms with Crippen LogP contribution in [0.25, 0.3) is 38.4 Å². The summed E-state index contributed by atoms with van der Waals surface area (Å²) < 4.78 is 5.44. The molecule has 5 rings (SSSR count). The average Bonchev–Trinajstić information content (AvgIpc) is 2.82. The van der Waals surface area contributed by atoms with Crippen molar-refractivity contribution in [2.24, 2.45) is 0 Å². The van der Waals surface area contributed by atoms with Crippen LogP contribution >= 0.6 is 0 Å². The first-order valence-electron chi connectivity index (χ1n) is 10.7. The maximum absolute atomic E-state index is 12.6. The Hall–Kier alpha value is -2.87. The predicted octanol–water partition coefficient (Wildman–Crippen LogP) is 2.40. The molecule has 0 amide bonds. The molecule has 4 N–H and O–H groups in total. The first-order valence-corrected chi connectivity index (χ1v) is 10.7. The topological polar surface area (TPSA) is 107 Å². The van der Waals surface area contributed by atoms with Crippen LogP contribution in [0.15, 0.2) is 60.7 Å². The van der Waals surface area contributed by atoms with E-state index in [1.807, 2.05) is 18.2 Å². The van der Waals surface area contributed by atoms with Gasteiger partial charge in [0.1, 0.15) is 24.4 Å². The summed E-state index contributed by atoms with van der Waals surface area (Å²) in [6.45, 7) is -0.520. The Kier molecular flexibility index (Phi) is 5.41. The van der Waals surface area contributed by atoms with Crippen molar-refractivity contribution in [3.05, 3.63) is 66.2 Å². The van der Waals surface area contributed by atoms with E-state index in [0.717, 1.165) is 21.7 Å². The summed E-state index contributed by atoms with van der Waals surface area (Å²) in [5, 5.41) is 46.1. The molecule has 6 nitrogen and oxygen atoms in total. The van der Waals surface area contributed by atoms with E-state index in [0.29, 0.717) is 0 Å². The molecule has 1 fully saturated rings. The highest BCUT2D eigenvalue weighted by Gasteiger charge is 2.43. The predicted molar refractivity (Wildman–Crippen MR) is 123 cm³/mol. The van der Waals surface area contributed by atoms with Gasteiger partial charge in [0.2, 0.25) is 0 Å². The van der Waals surface area contributed by atoms with Crippen molar-refractivity contribution in [1.29, 1.82) is 0 Å². The molecule has 4 aromatic carbocycles. The SMILES string of the molecule is O=C(/C=C/c1ccc2ccc3cccc4ccc1c2c34)C[C@@H]1O[C@H](CO)[C@@H](O)[C@H](O)[C@H]1O. The van der Waals surface area contributed by atoms with Gasteiger partial charge in [-0.05, 0) is 44.0 Å². The third-order valence-corrected chi connectivity index (χ3v) is 6.40. The van der Waals surface area contributed by atoms with Crippen molar-refractivity contribution in [1.82, 2.24) is 0 Å². The number of ether oxygens (including phenoxy) is 1. The Morgan fingerprint density at radius 2 is 1.44 bits per heavy atom. The highest BCUT2D eigenvalue weighted by atomic mass is 16.5. The van der Waals surface area contributed by atoms with Crippen LogP contribution in [0.2, 0.25) is 0 Å². The molecule has 0 aliphatic carbocycles. The normalized spacial score (nSPS) is 26.6. The van der Waals surface area contributed by atoms with E-state index in [4.69, 9.17) is 4.74 Å². The first-order chi connectivity index (χ1) is 15.5. The number of allylic oxidation sites excluding steroid dienone is 1. The van der Waals surface area contributed by atoms with Gasteiger partial charge in [-0.15, -0.1) is 0 Å². The van der Waals surface area contributed by atoms with Crippen LogP contribution in [-0.4, -0.2) is 63.3 Å². The van der Waals surface area contributed by atoms with Crippen molar-refractivity contribution in [3.8, 4) is 0 Å². The molecule has 6 heteroatoms. The number of aliphatic hydroxyl groups excluding tert-OH is 4. The molecule has 164 valence electrons. The Labute approximate surface area is 184 Å². The van der Waals surface area contributed by atoms with E-state index in [2.05, 4.69) is 36.4 Å². The minimum Gasteiger partial charge on any atom is -0.394 e.